The van der Waals surface area contributed by atoms with Gasteiger partial charge in [-0.05, 0) is 36.2 Å². The van der Waals surface area contributed by atoms with Crippen LogP contribution in [0.2, 0.25) is 5.02 Å². The average molecular weight is 454 g/mol. The second kappa shape index (κ2) is 15.2. The molecule has 9 heteroatoms. The van der Waals surface area contributed by atoms with Crippen LogP contribution in [0.4, 0.5) is 0 Å². The fourth-order valence-electron chi connectivity index (χ4n) is 2.41. The number of ether oxygens (including phenoxy) is 2. The van der Waals surface area contributed by atoms with Crippen LogP contribution in [-0.4, -0.2) is 66.3 Å². The molecule has 2 aromatic rings. The molecule has 0 amide bonds. The molecule has 0 aromatic heterocycles. The van der Waals surface area contributed by atoms with Gasteiger partial charge in [-0.25, -0.2) is 9.59 Å². The van der Waals surface area contributed by atoms with Crippen LogP contribution in [0.1, 0.15) is 18.1 Å². The number of hydrogen-bond acceptors (Lipinski definition) is 6. The van der Waals surface area contributed by atoms with Gasteiger partial charge in [0.2, 0.25) is 0 Å². The van der Waals surface area contributed by atoms with Crippen LogP contribution in [0.3, 0.4) is 0 Å². The maximum absolute atomic E-state index is 9.14. The van der Waals surface area contributed by atoms with Gasteiger partial charge in [-0.3, -0.25) is 0 Å². The summed E-state index contributed by atoms with van der Waals surface area (Å²) in [5.41, 5.74) is 2.28. The molecule has 0 aliphatic rings. The van der Waals surface area contributed by atoms with Gasteiger partial charge in [0.05, 0.1) is 19.3 Å². The third-order valence-corrected chi connectivity index (χ3v) is 4.03. The van der Waals surface area contributed by atoms with Crippen molar-refractivity contribution in [1.29, 1.82) is 0 Å². The van der Waals surface area contributed by atoms with E-state index >= 15 is 0 Å². The van der Waals surface area contributed by atoms with Gasteiger partial charge in [0.15, 0.2) is 0 Å². The highest BCUT2D eigenvalue weighted by Gasteiger charge is 2.06. The Bertz CT molecular complexity index is 788. The molecular weight excluding hydrogens is 426 g/mol. The molecule has 1 unspecified atom stereocenters. The van der Waals surface area contributed by atoms with E-state index in [2.05, 4.69) is 17.4 Å². The fourth-order valence-corrected chi connectivity index (χ4v) is 2.61. The number of halogens is 1. The van der Waals surface area contributed by atoms with Crippen LogP contribution in [0.15, 0.2) is 48.5 Å². The number of nitrogens with one attached hydrogen (secondary N) is 1. The zero-order valence-corrected chi connectivity index (χ0v) is 18.0. The Kier molecular flexibility index (Phi) is 12.9. The molecule has 0 spiro atoms. The van der Waals surface area contributed by atoms with Gasteiger partial charge in [0.25, 0.3) is 0 Å². The fraction of sp³-hybridized carbons (Fsp3) is 0.364. The van der Waals surface area contributed by atoms with Gasteiger partial charge < -0.3 is 30.1 Å². The summed E-state index contributed by atoms with van der Waals surface area (Å²) < 4.78 is 11.4. The molecule has 4 N–H and O–H groups in total. The predicted octanol–water partition coefficient (Wildman–Crippen LogP) is 2.45. The molecule has 0 fully saturated rings. The topological polar surface area (TPSA) is 125 Å². The van der Waals surface area contributed by atoms with Crippen molar-refractivity contribution < 1.29 is 34.4 Å². The summed E-state index contributed by atoms with van der Waals surface area (Å²) in [6.07, 6.45) is 0.442. The van der Waals surface area contributed by atoms with Crippen molar-refractivity contribution >= 4 is 23.5 Å². The standard InChI is InChI=1S/C20H26ClNO3.C2H2O4/c1-16(23)15-22-9-10-24-11-12-25-20-8-7-19(21)14-18(20)13-17-5-3-2-4-6-17;3-1(4)2(5)6/h2-8,14,16,22-23H,9-13,15H2,1H3;(H,3,4)(H,5,6). The minimum atomic E-state index is -1.82. The Morgan fingerprint density at radius 3 is 2.32 bits per heavy atom. The molecule has 0 heterocycles. The normalized spacial score (nSPS) is 11.2. The van der Waals surface area contributed by atoms with E-state index in [1.807, 2.05) is 36.4 Å². The summed E-state index contributed by atoms with van der Waals surface area (Å²) in [6, 6.07) is 15.9. The van der Waals surface area contributed by atoms with Gasteiger partial charge in [0, 0.05) is 24.5 Å². The molecule has 0 bridgehead atoms. The van der Waals surface area contributed by atoms with E-state index in [0.29, 0.717) is 37.9 Å². The molecule has 31 heavy (non-hydrogen) atoms. The van der Waals surface area contributed by atoms with Crippen LogP contribution in [0.25, 0.3) is 0 Å². The minimum Gasteiger partial charge on any atom is -0.491 e. The first-order valence-electron chi connectivity index (χ1n) is 9.67. The number of rotatable bonds is 11. The van der Waals surface area contributed by atoms with E-state index in [1.54, 1.807) is 6.92 Å². The van der Waals surface area contributed by atoms with E-state index in [1.165, 1.54) is 5.56 Å². The highest BCUT2D eigenvalue weighted by Crippen LogP contribution is 2.25. The van der Waals surface area contributed by atoms with E-state index in [0.717, 1.165) is 17.7 Å². The molecule has 0 aliphatic heterocycles. The summed E-state index contributed by atoms with van der Waals surface area (Å²) >= 11 is 6.13. The quantitative estimate of drug-likeness (QED) is 0.302. The zero-order valence-electron chi connectivity index (χ0n) is 17.3. The number of carboxylic acids is 2. The summed E-state index contributed by atoms with van der Waals surface area (Å²) in [5, 5.41) is 27.7. The monoisotopic (exact) mass is 453 g/mol. The van der Waals surface area contributed by atoms with Crippen molar-refractivity contribution in [3.8, 4) is 5.75 Å². The van der Waals surface area contributed by atoms with Crippen LogP contribution in [0.5, 0.6) is 5.75 Å². The van der Waals surface area contributed by atoms with Crippen molar-refractivity contribution in [2.45, 2.75) is 19.4 Å². The van der Waals surface area contributed by atoms with Gasteiger partial charge in [-0.2, -0.15) is 0 Å². The van der Waals surface area contributed by atoms with Crippen LogP contribution in [0, 0.1) is 0 Å². The molecule has 0 aliphatic carbocycles. The summed E-state index contributed by atoms with van der Waals surface area (Å²) in [4.78, 5) is 18.2. The maximum Gasteiger partial charge on any atom is 0.414 e. The minimum absolute atomic E-state index is 0.337. The molecule has 2 rings (SSSR count). The smallest absolute Gasteiger partial charge is 0.414 e. The molecular formula is C22H28ClNO7. The summed E-state index contributed by atoms with van der Waals surface area (Å²) in [5.74, 6) is -2.81. The third-order valence-electron chi connectivity index (χ3n) is 3.79. The SMILES string of the molecule is CC(O)CNCCOCCOc1ccc(Cl)cc1Cc1ccccc1.O=C(O)C(=O)O. The zero-order chi connectivity index (χ0) is 23.1. The lowest BCUT2D eigenvalue weighted by atomic mass is 10.0. The first-order valence-corrected chi connectivity index (χ1v) is 10.0. The number of benzene rings is 2. The van der Waals surface area contributed by atoms with Gasteiger partial charge >= 0.3 is 11.9 Å². The van der Waals surface area contributed by atoms with E-state index in [-0.39, 0.29) is 6.10 Å². The van der Waals surface area contributed by atoms with Gasteiger partial charge in [-0.1, -0.05) is 41.9 Å². The number of aliphatic hydroxyl groups excluding tert-OH is 1. The second-order valence-corrected chi connectivity index (χ2v) is 6.98. The predicted molar refractivity (Wildman–Crippen MR) is 117 cm³/mol. The Labute approximate surface area is 186 Å². The van der Waals surface area contributed by atoms with Gasteiger partial charge in [-0.15, -0.1) is 0 Å². The third kappa shape index (κ3) is 12.6. The molecule has 0 saturated carbocycles. The van der Waals surface area contributed by atoms with Crippen molar-refractivity contribution in [2.24, 2.45) is 0 Å². The lowest BCUT2D eigenvalue weighted by Gasteiger charge is -2.13. The molecule has 2 aromatic carbocycles. The van der Waals surface area contributed by atoms with Gasteiger partial charge in [0.1, 0.15) is 12.4 Å². The Balaban J connectivity index is 0.000000703. The first kappa shape index (κ1) is 26.4. The highest BCUT2D eigenvalue weighted by molar-refractivity contribution is 6.30. The van der Waals surface area contributed by atoms with Crippen molar-refractivity contribution in [2.75, 3.05) is 32.9 Å². The molecule has 170 valence electrons. The molecule has 0 saturated heterocycles. The first-order chi connectivity index (χ1) is 14.8. The number of carboxylic acid groups (broad SMARTS) is 2. The Morgan fingerprint density at radius 2 is 1.71 bits per heavy atom. The average Bonchev–Trinajstić information content (AvgIpc) is 2.72. The number of aliphatic hydroxyl groups is 1. The largest absolute Gasteiger partial charge is 0.491 e. The maximum atomic E-state index is 9.14. The van der Waals surface area contributed by atoms with Crippen molar-refractivity contribution in [3.05, 3.63) is 64.7 Å². The van der Waals surface area contributed by atoms with Crippen LogP contribution in [-0.2, 0) is 20.7 Å². The lowest BCUT2D eigenvalue weighted by molar-refractivity contribution is -0.159. The van der Waals surface area contributed by atoms with Crippen LogP contribution < -0.4 is 10.1 Å². The Morgan fingerprint density at radius 1 is 1.03 bits per heavy atom. The number of carbonyl (C=O) groups is 2. The summed E-state index contributed by atoms with van der Waals surface area (Å²) in [7, 11) is 0. The second-order valence-electron chi connectivity index (χ2n) is 6.54. The number of hydrogen-bond donors (Lipinski definition) is 4. The number of aliphatic carboxylic acids is 2. The Hall–Kier alpha value is -2.65. The lowest BCUT2D eigenvalue weighted by Crippen LogP contribution is -2.28. The summed E-state index contributed by atoms with van der Waals surface area (Å²) in [6.45, 7) is 4.64. The van der Waals surface area contributed by atoms with Crippen molar-refractivity contribution in [3.63, 3.8) is 0 Å². The van der Waals surface area contributed by atoms with E-state index in [9.17, 15) is 0 Å². The van der Waals surface area contributed by atoms with E-state index in [4.69, 9.17) is 46.0 Å². The molecule has 1 atom stereocenters. The van der Waals surface area contributed by atoms with E-state index < -0.39 is 11.9 Å². The molecule has 0 radical (unpaired) electrons. The highest BCUT2D eigenvalue weighted by atomic mass is 35.5. The molecule has 8 nitrogen and oxygen atoms in total. The van der Waals surface area contributed by atoms with Crippen molar-refractivity contribution in [1.82, 2.24) is 5.32 Å². The van der Waals surface area contributed by atoms with Crippen LogP contribution >= 0.6 is 11.6 Å².